The van der Waals surface area contributed by atoms with Gasteiger partial charge in [-0.3, -0.25) is 14.9 Å². The van der Waals surface area contributed by atoms with E-state index in [1.807, 2.05) is 18.2 Å². The van der Waals surface area contributed by atoms with Gasteiger partial charge in [0.25, 0.3) is 11.6 Å². The Morgan fingerprint density at radius 2 is 1.90 bits per heavy atom. The number of ether oxygens (including phenoxy) is 1. The Hall–Kier alpha value is -3.71. The van der Waals surface area contributed by atoms with Gasteiger partial charge >= 0.3 is 0 Å². The SMILES string of the molecule is O=C(N/N=C\c1cccc(OCc2ccccc2Cl)c1)c1cccc([N+](=O)[O-])c1. The topological polar surface area (TPSA) is 93.8 Å². The van der Waals surface area contributed by atoms with E-state index in [9.17, 15) is 14.9 Å². The van der Waals surface area contributed by atoms with E-state index in [1.165, 1.54) is 30.5 Å². The van der Waals surface area contributed by atoms with Crippen LogP contribution in [-0.4, -0.2) is 17.0 Å². The molecule has 0 aliphatic rings. The smallest absolute Gasteiger partial charge is 0.271 e. The van der Waals surface area contributed by atoms with Crippen LogP contribution in [0, 0.1) is 10.1 Å². The maximum absolute atomic E-state index is 12.1. The molecular formula is C21H16ClN3O4. The third-order valence-electron chi connectivity index (χ3n) is 3.91. The zero-order valence-corrected chi connectivity index (χ0v) is 15.9. The fraction of sp³-hybridized carbons (Fsp3) is 0.0476. The third-order valence-corrected chi connectivity index (χ3v) is 4.28. The van der Waals surface area contributed by atoms with E-state index in [0.717, 1.165) is 5.56 Å². The Morgan fingerprint density at radius 1 is 1.10 bits per heavy atom. The van der Waals surface area contributed by atoms with Crippen molar-refractivity contribution >= 4 is 29.4 Å². The second kappa shape index (κ2) is 9.48. The van der Waals surface area contributed by atoms with Gasteiger partial charge in [0, 0.05) is 28.3 Å². The fourth-order valence-electron chi connectivity index (χ4n) is 2.45. The van der Waals surface area contributed by atoms with E-state index in [0.29, 0.717) is 22.9 Å². The zero-order chi connectivity index (χ0) is 20.6. The summed E-state index contributed by atoms with van der Waals surface area (Å²) < 4.78 is 5.75. The average molecular weight is 410 g/mol. The standard InChI is InChI=1S/C21H16ClN3O4/c22-20-10-2-1-6-17(20)14-29-19-9-3-5-15(11-19)13-23-24-21(26)16-7-4-8-18(12-16)25(27)28/h1-13H,14H2,(H,24,26)/b23-13-. The summed E-state index contributed by atoms with van der Waals surface area (Å²) in [5.41, 5.74) is 3.91. The van der Waals surface area contributed by atoms with Crippen LogP contribution in [-0.2, 0) is 6.61 Å². The van der Waals surface area contributed by atoms with Crippen molar-refractivity contribution in [2.24, 2.45) is 5.10 Å². The summed E-state index contributed by atoms with van der Waals surface area (Å²) >= 11 is 6.12. The van der Waals surface area contributed by atoms with Crippen molar-refractivity contribution < 1.29 is 14.5 Å². The molecule has 3 aromatic rings. The number of nitrogens with zero attached hydrogens (tertiary/aromatic N) is 2. The van der Waals surface area contributed by atoms with Crippen LogP contribution in [0.5, 0.6) is 5.75 Å². The zero-order valence-electron chi connectivity index (χ0n) is 15.1. The predicted molar refractivity (Wildman–Crippen MR) is 110 cm³/mol. The number of benzene rings is 3. The van der Waals surface area contributed by atoms with Crippen LogP contribution >= 0.6 is 11.6 Å². The molecule has 0 aliphatic carbocycles. The molecule has 29 heavy (non-hydrogen) atoms. The lowest BCUT2D eigenvalue weighted by molar-refractivity contribution is -0.384. The fourth-order valence-corrected chi connectivity index (χ4v) is 2.64. The van der Waals surface area contributed by atoms with Gasteiger partial charge < -0.3 is 4.74 Å². The number of hydrogen-bond acceptors (Lipinski definition) is 5. The number of hydrogen-bond donors (Lipinski definition) is 1. The normalized spacial score (nSPS) is 10.7. The van der Waals surface area contributed by atoms with Gasteiger partial charge in [0.05, 0.1) is 11.1 Å². The molecule has 0 spiro atoms. The molecule has 0 saturated heterocycles. The number of carbonyl (C=O) groups is 1. The van der Waals surface area contributed by atoms with Crippen molar-refractivity contribution in [1.82, 2.24) is 5.43 Å². The first-order valence-electron chi connectivity index (χ1n) is 8.57. The second-order valence-electron chi connectivity index (χ2n) is 5.96. The van der Waals surface area contributed by atoms with Crippen molar-refractivity contribution in [3.63, 3.8) is 0 Å². The third kappa shape index (κ3) is 5.63. The van der Waals surface area contributed by atoms with Gasteiger partial charge in [-0.05, 0) is 29.8 Å². The van der Waals surface area contributed by atoms with Crippen molar-refractivity contribution in [3.05, 3.63) is 105 Å². The van der Waals surface area contributed by atoms with Crippen molar-refractivity contribution in [3.8, 4) is 5.75 Å². The van der Waals surface area contributed by atoms with Crippen molar-refractivity contribution in [2.45, 2.75) is 6.61 Å². The van der Waals surface area contributed by atoms with E-state index in [2.05, 4.69) is 10.5 Å². The molecule has 146 valence electrons. The quantitative estimate of drug-likeness (QED) is 0.351. The summed E-state index contributed by atoms with van der Waals surface area (Å²) in [5, 5.41) is 15.3. The van der Waals surface area contributed by atoms with E-state index < -0.39 is 10.8 Å². The lowest BCUT2D eigenvalue weighted by Crippen LogP contribution is -2.17. The Kier molecular flexibility index (Phi) is 6.55. The van der Waals surface area contributed by atoms with Crippen molar-refractivity contribution in [1.29, 1.82) is 0 Å². The number of amides is 1. The van der Waals surface area contributed by atoms with Crippen LogP contribution < -0.4 is 10.2 Å². The Bertz CT molecular complexity index is 1070. The minimum absolute atomic E-state index is 0.146. The van der Waals surface area contributed by atoms with Crippen LogP contribution in [0.2, 0.25) is 5.02 Å². The van der Waals surface area contributed by atoms with E-state index in [-0.39, 0.29) is 11.3 Å². The summed E-state index contributed by atoms with van der Waals surface area (Å²) in [7, 11) is 0. The highest BCUT2D eigenvalue weighted by Crippen LogP contribution is 2.19. The van der Waals surface area contributed by atoms with Gasteiger partial charge in [-0.1, -0.05) is 48.0 Å². The average Bonchev–Trinajstić information content (AvgIpc) is 2.73. The van der Waals surface area contributed by atoms with E-state index in [1.54, 1.807) is 30.3 Å². The molecule has 0 fully saturated rings. The largest absolute Gasteiger partial charge is 0.489 e. The molecule has 0 bridgehead atoms. The van der Waals surface area contributed by atoms with E-state index in [4.69, 9.17) is 16.3 Å². The Labute approximate surface area is 171 Å². The molecule has 3 rings (SSSR count). The first kappa shape index (κ1) is 20.0. The summed E-state index contributed by atoms with van der Waals surface area (Å²) in [6, 6.07) is 20.0. The van der Waals surface area contributed by atoms with Gasteiger partial charge in [-0.25, -0.2) is 5.43 Å². The van der Waals surface area contributed by atoms with Gasteiger partial charge in [0.1, 0.15) is 12.4 Å². The van der Waals surface area contributed by atoms with Crippen LogP contribution in [0.25, 0.3) is 0 Å². The monoisotopic (exact) mass is 409 g/mol. The van der Waals surface area contributed by atoms with Crippen LogP contribution in [0.4, 0.5) is 5.69 Å². The number of carbonyl (C=O) groups excluding carboxylic acids is 1. The minimum atomic E-state index is -0.561. The summed E-state index contributed by atoms with van der Waals surface area (Å²) in [4.78, 5) is 22.3. The molecule has 0 aliphatic heterocycles. The molecule has 0 saturated carbocycles. The molecule has 0 radical (unpaired) electrons. The number of non-ortho nitro benzene ring substituents is 1. The molecule has 3 aromatic carbocycles. The van der Waals surface area contributed by atoms with Crippen LogP contribution in [0.3, 0.4) is 0 Å². The maximum atomic E-state index is 12.1. The lowest BCUT2D eigenvalue weighted by atomic mass is 10.2. The maximum Gasteiger partial charge on any atom is 0.271 e. The lowest BCUT2D eigenvalue weighted by Gasteiger charge is -2.08. The molecule has 0 aromatic heterocycles. The highest BCUT2D eigenvalue weighted by atomic mass is 35.5. The van der Waals surface area contributed by atoms with Crippen LogP contribution in [0.15, 0.2) is 77.9 Å². The number of halogens is 1. The number of rotatable bonds is 7. The first-order chi connectivity index (χ1) is 14.0. The number of nitro benzene ring substituents is 1. The number of nitro groups is 1. The number of nitrogens with one attached hydrogen (secondary N) is 1. The first-order valence-corrected chi connectivity index (χ1v) is 8.95. The highest BCUT2D eigenvalue weighted by Gasteiger charge is 2.10. The Morgan fingerprint density at radius 3 is 2.69 bits per heavy atom. The summed E-state index contributed by atoms with van der Waals surface area (Å²) in [6.07, 6.45) is 1.46. The molecule has 1 N–H and O–H groups in total. The number of hydrazone groups is 1. The van der Waals surface area contributed by atoms with Gasteiger partial charge in [0.15, 0.2) is 0 Å². The van der Waals surface area contributed by atoms with Gasteiger partial charge in [0.2, 0.25) is 0 Å². The molecule has 0 heterocycles. The second-order valence-corrected chi connectivity index (χ2v) is 6.37. The summed E-state index contributed by atoms with van der Waals surface area (Å²) in [6.45, 7) is 0.323. The highest BCUT2D eigenvalue weighted by molar-refractivity contribution is 6.31. The molecule has 7 nitrogen and oxygen atoms in total. The van der Waals surface area contributed by atoms with Crippen molar-refractivity contribution in [2.75, 3.05) is 0 Å². The molecule has 8 heteroatoms. The minimum Gasteiger partial charge on any atom is -0.489 e. The summed E-state index contributed by atoms with van der Waals surface area (Å²) in [5.74, 6) is 0.0787. The van der Waals surface area contributed by atoms with Gasteiger partial charge in [-0.2, -0.15) is 5.10 Å². The van der Waals surface area contributed by atoms with Gasteiger partial charge in [-0.15, -0.1) is 0 Å². The van der Waals surface area contributed by atoms with Crippen LogP contribution in [0.1, 0.15) is 21.5 Å². The van der Waals surface area contributed by atoms with E-state index >= 15 is 0 Å². The predicted octanol–water partition coefficient (Wildman–Crippen LogP) is 4.59. The molecule has 0 unspecified atom stereocenters. The molecular weight excluding hydrogens is 394 g/mol. The molecule has 1 amide bonds. The molecule has 0 atom stereocenters. The Balaban J connectivity index is 1.60.